The van der Waals surface area contributed by atoms with E-state index < -0.39 is 0 Å². The van der Waals surface area contributed by atoms with Gasteiger partial charge in [0, 0.05) is 18.9 Å². The molecule has 0 spiro atoms. The minimum Gasteiger partial charge on any atom is -0.365 e. The summed E-state index contributed by atoms with van der Waals surface area (Å²) in [4.78, 5) is 13.2. The lowest BCUT2D eigenvalue weighted by atomic mass is 10.2. The van der Waals surface area contributed by atoms with Crippen LogP contribution in [0.15, 0.2) is 53.9 Å². The van der Waals surface area contributed by atoms with E-state index in [1.54, 1.807) is 6.20 Å². The predicted molar refractivity (Wildman–Crippen MR) is 82.9 cm³/mol. The first kappa shape index (κ1) is 12.9. The molecule has 4 nitrogen and oxygen atoms in total. The zero-order chi connectivity index (χ0) is 13.8. The number of thioether (sulfide) groups is 1. The van der Waals surface area contributed by atoms with Crippen LogP contribution in [0.5, 0.6) is 0 Å². The molecule has 5 heteroatoms. The van der Waals surface area contributed by atoms with Crippen molar-refractivity contribution in [2.45, 2.75) is 11.7 Å². The number of benzene rings is 1. The summed E-state index contributed by atoms with van der Waals surface area (Å²) in [7, 11) is 0. The first-order valence-corrected chi connectivity index (χ1v) is 7.53. The van der Waals surface area contributed by atoms with Crippen molar-refractivity contribution >= 4 is 28.5 Å². The normalized spacial score (nSPS) is 10.7. The summed E-state index contributed by atoms with van der Waals surface area (Å²) in [5.74, 6) is 0.819. The third kappa shape index (κ3) is 2.72. The lowest BCUT2D eigenvalue weighted by molar-refractivity contribution is 1.00. The van der Waals surface area contributed by atoms with Crippen molar-refractivity contribution in [2.24, 2.45) is 0 Å². The third-order valence-electron chi connectivity index (χ3n) is 2.97. The van der Waals surface area contributed by atoms with Crippen molar-refractivity contribution < 1.29 is 0 Å². The van der Waals surface area contributed by atoms with Crippen LogP contribution in [0.4, 0.5) is 5.82 Å². The Balaban J connectivity index is 1.88. The van der Waals surface area contributed by atoms with Gasteiger partial charge in [-0.15, -0.1) is 0 Å². The Labute approximate surface area is 121 Å². The van der Waals surface area contributed by atoms with Gasteiger partial charge in [-0.1, -0.05) is 42.1 Å². The maximum absolute atomic E-state index is 4.48. The van der Waals surface area contributed by atoms with E-state index in [1.807, 2.05) is 36.7 Å². The molecule has 0 unspecified atom stereocenters. The predicted octanol–water partition coefficient (Wildman–Crippen LogP) is 3.36. The van der Waals surface area contributed by atoms with E-state index in [-0.39, 0.29) is 0 Å². The van der Waals surface area contributed by atoms with Gasteiger partial charge in [-0.25, -0.2) is 15.0 Å². The molecule has 1 N–H and O–H groups in total. The van der Waals surface area contributed by atoms with Gasteiger partial charge in [-0.3, -0.25) is 0 Å². The van der Waals surface area contributed by atoms with Crippen LogP contribution in [0, 0.1) is 0 Å². The SMILES string of the molecule is CSc1ncc2c(NCc3ccccc3)nccc2n1. The summed E-state index contributed by atoms with van der Waals surface area (Å²) in [6, 6.07) is 12.1. The number of aromatic nitrogens is 3. The van der Waals surface area contributed by atoms with Crippen LogP contribution in [-0.2, 0) is 6.54 Å². The van der Waals surface area contributed by atoms with E-state index in [2.05, 4.69) is 32.4 Å². The number of anilines is 1. The van der Waals surface area contributed by atoms with E-state index in [0.29, 0.717) is 0 Å². The quantitative estimate of drug-likeness (QED) is 0.587. The number of hydrogen-bond donors (Lipinski definition) is 1. The van der Waals surface area contributed by atoms with Crippen LogP contribution in [0.3, 0.4) is 0 Å². The van der Waals surface area contributed by atoms with E-state index in [0.717, 1.165) is 28.4 Å². The lowest BCUT2D eigenvalue weighted by Crippen LogP contribution is -2.02. The number of hydrogen-bond acceptors (Lipinski definition) is 5. The summed E-state index contributed by atoms with van der Waals surface area (Å²) in [5.41, 5.74) is 2.13. The first-order chi connectivity index (χ1) is 9.86. The molecule has 0 aliphatic rings. The van der Waals surface area contributed by atoms with Gasteiger partial charge in [0.1, 0.15) is 5.82 Å². The monoisotopic (exact) mass is 282 g/mol. The van der Waals surface area contributed by atoms with Gasteiger partial charge >= 0.3 is 0 Å². The summed E-state index contributed by atoms with van der Waals surface area (Å²) < 4.78 is 0. The molecular weight excluding hydrogens is 268 g/mol. The number of rotatable bonds is 4. The summed E-state index contributed by atoms with van der Waals surface area (Å²) >= 11 is 1.54. The maximum Gasteiger partial charge on any atom is 0.187 e. The Morgan fingerprint density at radius 2 is 1.95 bits per heavy atom. The molecule has 0 aliphatic heterocycles. The van der Waals surface area contributed by atoms with Gasteiger partial charge in [0.15, 0.2) is 5.16 Å². The van der Waals surface area contributed by atoms with Crippen molar-refractivity contribution in [1.29, 1.82) is 0 Å². The van der Waals surface area contributed by atoms with Crippen molar-refractivity contribution in [3.05, 3.63) is 54.4 Å². The molecule has 0 fully saturated rings. The second-order valence-corrected chi connectivity index (χ2v) is 5.06. The van der Waals surface area contributed by atoms with E-state index in [4.69, 9.17) is 0 Å². The van der Waals surface area contributed by atoms with Crippen LogP contribution in [0.2, 0.25) is 0 Å². The standard InChI is InChI=1S/C15H14N4S/c1-20-15-18-10-12-13(19-15)7-8-16-14(12)17-9-11-5-3-2-4-6-11/h2-8,10H,9H2,1H3,(H,16,17). The van der Waals surface area contributed by atoms with Gasteiger partial charge in [0.2, 0.25) is 0 Å². The van der Waals surface area contributed by atoms with Crippen molar-refractivity contribution in [3.8, 4) is 0 Å². The molecule has 0 atom stereocenters. The number of pyridine rings is 1. The van der Waals surface area contributed by atoms with E-state index >= 15 is 0 Å². The molecule has 3 aromatic rings. The molecule has 0 bridgehead atoms. The highest BCUT2D eigenvalue weighted by Gasteiger charge is 2.05. The van der Waals surface area contributed by atoms with Crippen LogP contribution < -0.4 is 5.32 Å². The molecule has 100 valence electrons. The minimum absolute atomic E-state index is 0.733. The Kier molecular flexibility index (Phi) is 3.78. The second-order valence-electron chi connectivity index (χ2n) is 4.29. The fraction of sp³-hybridized carbons (Fsp3) is 0.133. The molecular formula is C15H14N4S. The number of nitrogens with zero attached hydrogens (tertiary/aromatic N) is 3. The zero-order valence-corrected chi connectivity index (χ0v) is 11.9. The summed E-state index contributed by atoms with van der Waals surface area (Å²) in [5, 5.41) is 5.06. The van der Waals surface area contributed by atoms with Crippen LogP contribution in [0.25, 0.3) is 10.9 Å². The van der Waals surface area contributed by atoms with E-state index in [1.165, 1.54) is 17.3 Å². The molecule has 1 aromatic carbocycles. The fourth-order valence-corrected chi connectivity index (χ4v) is 2.31. The molecule has 3 rings (SSSR count). The number of fused-ring (bicyclic) bond motifs is 1. The smallest absolute Gasteiger partial charge is 0.187 e. The van der Waals surface area contributed by atoms with Crippen LogP contribution >= 0.6 is 11.8 Å². The van der Waals surface area contributed by atoms with Crippen molar-refractivity contribution in [2.75, 3.05) is 11.6 Å². The topological polar surface area (TPSA) is 50.7 Å². The first-order valence-electron chi connectivity index (χ1n) is 6.30. The van der Waals surface area contributed by atoms with Crippen molar-refractivity contribution in [3.63, 3.8) is 0 Å². The lowest BCUT2D eigenvalue weighted by Gasteiger charge is -2.08. The molecule has 0 aliphatic carbocycles. The Morgan fingerprint density at radius 1 is 1.10 bits per heavy atom. The Morgan fingerprint density at radius 3 is 2.75 bits per heavy atom. The average molecular weight is 282 g/mol. The third-order valence-corrected chi connectivity index (χ3v) is 3.53. The van der Waals surface area contributed by atoms with Crippen LogP contribution in [-0.4, -0.2) is 21.2 Å². The maximum atomic E-state index is 4.48. The van der Waals surface area contributed by atoms with Crippen LogP contribution in [0.1, 0.15) is 5.56 Å². The second kappa shape index (κ2) is 5.88. The summed E-state index contributed by atoms with van der Waals surface area (Å²) in [6.45, 7) is 0.733. The highest BCUT2D eigenvalue weighted by Crippen LogP contribution is 2.21. The minimum atomic E-state index is 0.733. The van der Waals surface area contributed by atoms with E-state index in [9.17, 15) is 0 Å². The molecule has 20 heavy (non-hydrogen) atoms. The van der Waals surface area contributed by atoms with Gasteiger partial charge < -0.3 is 5.32 Å². The largest absolute Gasteiger partial charge is 0.365 e. The average Bonchev–Trinajstić information content (AvgIpc) is 2.53. The Bertz CT molecular complexity index is 715. The molecule has 0 saturated heterocycles. The highest BCUT2D eigenvalue weighted by molar-refractivity contribution is 7.98. The fourth-order valence-electron chi connectivity index (χ4n) is 1.96. The van der Waals surface area contributed by atoms with Gasteiger partial charge in [0.05, 0.1) is 10.9 Å². The molecule has 2 aromatic heterocycles. The molecule has 2 heterocycles. The highest BCUT2D eigenvalue weighted by atomic mass is 32.2. The molecule has 0 saturated carbocycles. The van der Waals surface area contributed by atoms with Gasteiger partial charge in [-0.2, -0.15) is 0 Å². The summed E-state index contributed by atoms with van der Waals surface area (Å²) in [6.07, 6.45) is 5.57. The Hall–Kier alpha value is -2.14. The van der Waals surface area contributed by atoms with Crippen molar-refractivity contribution in [1.82, 2.24) is 15.0 Å². The molecule has 0 radical (unpaired) electrons. The molecule has 0 amide bonds. The van der Waals surface area contributed by atoms with Gasteiger partial charge in [0.25, 0.3) is 0 Å². The van der Waals surface area contributed by atoms with Gasteiger partial charge in [-0.05, 0) is 17.9 Å². The number of nitrogens with one attached hydrogen (secondary N) is 1. The zero-order valence-electron chi connectivity index (χ0n) is 11.1.